The third-order valence-electron chi connectivity index (χ3n) is 3.13. The number of rotatable bonds is 7. The van der Waals surface area contributed by atoms with Crippen molar-refractivity contribution in [2.45, 2.75) is 10.6 Å². The summed E-state index contributed by atoms with van der Waals surface area (Å²) in [5, 5.41) is 10.9. The molecule has 2 aromatic carbocycles. The zero-order chi connectivity index (χ0) is 17.7. The minimum absolute atomic E-state index is 0.0786. The van der Waals surface area contributed by atoms with Crippen LogP contribution in [0.5, 0.6) is 5.75 Å². The van der Waals surface area contributed by atoms with Crippen molar-refractivity contribution in [3.63, 3.8) is 0 Å². The van der Waals surface area contributed by atoms with Crippen molar-refractivity contribution in [2.75, 3.05) is 6.61 Å². The fraction of sp³-hybridized carbons (Fsp3) is 0.125. The molecule has 0 fully saturated rings. The summed E-state index contributed by atoms with van der Waals surface area (Å²) in [6, 6.07) is 8.09. The first-order valence-corrected chi connectivity index (χ1v) is 8.48. The Kier molecular flexibility index (Phi) is 5.30. The summed E-state index contributed by atoms with van der Waals surface area (Å²) in [4.78, 5) is 10.2. The van der Waals surface area contributed by atoms with E-state index in [9.17, 15) is 22.9 Å². The summed E-state index contributed by atoms with van der Waals surface area (Å²) in [7, 11) is -3.82. The van der Waals surface area contributed by atoms with Gasteiger partial charge in [-0.3, -0.25) is 10.1 Å². The molecule has 8 heteroatoms. The highest BCUT2D eigenvalue weighted by atomic mass is 32.2. The Morgan fingerprint density at radius 2 is 1.88 bits per heavy atom. The molecule has 2 rings (SSSR count). The second-order valence-corrected chi connectivity index (χ2v) is 6.85. The zero-order valence-corrected chi connectivity index (χ0v) is 13.3. The van der Waals surface area contributed by atoms with Crippen molar-refractivity contribution in [3.05, 3.63) is 76.6 Å². The van der Waals surface area contributed by atoms with Crippen LogP contribution in [0, 0.1) is 15.9 Å². The van der Waals surface area contributed by atoms with Crippen molar-refractivity contribution in [1.29, 1.82) is 0 Å². The normalized spacial score (nSPS) is 11.0. The number of hydrogen-bond donors (Lipinski definition) is 0. The molecule has 0 aliphatic rings. The minimum Gasteiger partial charge on any atom is -0.489 e. The SMILES string of the molecule is C=CCOc1ccc([N+](=O)[O-])cc1CS(=O)(=O)c1ccc(F)cc1. The molecular formula is C16H14FNO5S. The van der Waals surface area contributed by atoms with Crippen LogP contribution in [0.15, 0.2) is 60.0 Å². The summed E-state index contributed by atoms with van der Waals surface area (Å²) in [5.41, 5.74) is -0.0966. The van der Waals surface area contributed by atoms with Gasteiger partial charge in [0.05, 0.1) is 15.6 Å². The standard InChI is InChI=1S/C16H14FNO5S/c1-2-9-23-16-8-5-14(18(19)20)10-12(16)11-24(21,22)15-6-3-13(17)4-7-15/h2-8,10H,1,9,11H2. The van der Waals surface area contributed by atoms with Gasteiger partial charge in [0, 0.05) is 17.7 Å². The predicted octanol–water partition coefficient (Wildman–Crippen LogP) is 3.27. The Balaban J connectivity index is 2.41. The topological polar surface area (TPSA) is 86.5 Å². The Hall–Kier alpha value is -2.74. The molecule has 0 N–H and O–H groups in total. The second kappa shape index (κ2) is 7.22. The molecule has 0 radical (unpaired) electrons. The van der Waals surface area contributed by atoms with E-state index in [4.69, 9.17) is 4.74 Å². The lowest BCUT2D eigenvalue weighted by molar-refractivity contribution is -0.384. The van der Waals surface area contributed by atoms with Gasteiger partial charge in [-0.1, -0.05) is 12.7 Å². The molecule has 0 heterocycles. The van der Waals surface area contributed by atoms with Gasteiger partial charge in [-0.15, -0.1) is 0 Å². The molecule has 0 amide bonds. The molecule has 0 bridgehead atoms. The number of halogens is 1. The quantitative estimate of drug-likeness (QED) is 0.331. The van der Waals surface area contributed by atoms with Crippen LogP contribution in [0.1, 0.15) is 5.56 Å². The second-order valence-electron chi connectivity index (χ2n) is 4.86. The highest BCUT2D eigenvalue weighted by molar-refractivity contribution is 7.90. The number of sulfone groups is 1. The average Bonchev–Trinajstić information content (AvgIpc) is 2.53. The molecule has 2 aromatic rings. The molecule has 0 aromatic heterocycles. The van der Waals surface area contributed by atoms with Gasteiger partial charge >= 0.3 is 0 Å². The molecule has 0 atom stereocenters. The van der Waals surface area contributed by atoms with Crippen LogP contribution in [0.3, 0.4) is 0 Å². The molecule has 126 valence electrons. The maximum absolute atomic E-state index is 12.9. The van der Waals surface area contributed by atoms with Gasteiger partial charge in [0.1, 0.15) is 18.2 Å². The van der Waals surface area contributed by atoms with Gasteiger partial charge in [0.25, 0.3) is 5.69 Å². The van der Waals surface area contributed by atoms with E-state index in [2.05, 4.69) is 6.58 Å². The van der Waals surface area contributed by atoms with Gasteiger partial charge in [-0.05, 0) is 30.3 Å². The molecule has 0 aliphatic carbocycles. The number of benzene rings is 2. The third-order valence-corrected chi connectivity index (χ3v) is 4.81. The van der Waals surface area contributed by atoms with E-state index in [0.29, 0.717) is 0 Å². The largest absolute Gasteiger partial charge is 0.489 e. The first-order valence-electron chi connectivity index (χ1n) is 6.83. The van der Waals surface area contributed by atoms with Gasteiger partial charge < -0.3 is 4.74 Å². The first kappa shape index (κ1) is 17.6. The van der Waals surface area contributed by atoms with Crippen LogP contribution < -0.4 is 4.74 Å². The van der Waals surface area contributed by atoms with Crippen molar-refractivity contribution in [2.24, 2.45) is 0 Å². The molecular weight excluding hydrogens is 337 g/mol. The fourth-order valence-electron chi connectivity index (χ4n) is 2.01. The van der Waals surface area contributed by atoms with E-state index in [1.807, 2.05) is 0 Å². The smallest absolute Gasteiger partial charge is 0.270 e. The predicted molar refractivity (Wildman–Crippen MR) is 86.1 cm³/mol. The highest BCUT2D eigenvalue weighted by Gasteiger charge is 2.20. The van der Waals surface area contributed by atoms with Crippen LogP contribution in [0.2, 0.25) is 0 Å². The number of nitro benzene ring substituents is 1. The van der Waals surface area contributed by atoms with E-state index in [-0.39, 0.29) is 28.5 Å². The maximum atomic E-state index is 12.9. The summed E-state index contributed by atoms with van der Waals surface area (Å²) in [5.74, 6) is -0.849. The number of non-ortho nitro benzene ring substituents is 1. The molecule has 0 unspecified atom stereocenters. The lowest BCUT2D eigenvalue weighted by Gasteiger charge is -2.11. The number of nitro groups is 1. The molecule has 0 saturated heterocycles. The Morgan fingerprint density at radius 1 is 1.21 bits per heavy atom. The van der Waals surface area contributed by atoms with E-state index in [1.165, 1.54) is 18.2 Å². The molecule has 0 saturated carbocycles. The van der Waals surface area contributed by atoms with Crippen LogP contribution in [0.4, 0.5) is 10.1 Å². The van der Waals surface area contributed by atoms with Crippen molar-refractivity contribution >= 4 is 15.5 Å². The van der Waals surface area contributed by atoms with Crippen LogP contribution in [-0.2, 0) is 15.6 Å². The molecule has 24 heavy (non-hydrogen) atoms. The lowest BCUT2D eigenvalue weighted by atomic mass is 10.2. The maximum Gasteiger partial charge on any atom is 0.270 e. The van der Waals surface area contributed by atoms with Gasteiger partial charge in [0.15, 0.2) is 9.84 Å². The third kappa shape index (κ3) is 4.17. The van der Waals surface area contributed by atoms with E-state index < -0.39 is 26.3 Å². The van der Waals surface area contributed by atoms with Gasteiger partial charge in [-0.2, -0.15) is 0 Å². The monoisotopic (exact) mass is 351 g/mol. The van der Waals surface area contributed by atoms with Crippen molar-refractivity contribution in [1.82, 2.24) is 0 Å². The van der Waals surface area contributed by atoms with E-state index in [0.717, 1.165) is 30.3 Å². The Morgan fingerprint density at radius 3 is 2.46 bits per heavy atom. The fourth-order valence-corrected chi connectivity index (χ4v) is 3.36. The Bertz CT molecular complexity index is 863. The van der Waals surface area contributed by atoms with E-state index >= 15 is 0 Å². The van der Waals surface area contributed by atoms with Crippen LogP contribution >= 0.6 is 0 Å². The van der Waals surface area contributed by atoms with E-state index in [1.54, 1.807) is 0 Å². The van der Waals surface area contributed by atoms with Gasteiger partial charge in [-0.25, -0.2) is 12.8 Å². The summed E-state index contributed by atoms with van der Waals surface area (Å²) < 4.78 is 43.2. The summed E-state index contributed by atoms with van der Waals surface area (Å²) in [6.07, 6.45) is 1.47. The first-order chi connectivity index (χ1) is 11.3. The lowest BCUT2D eigenvalue weighted by Crippen LogP contribution is -2.08. The Labute approximate surface area is 138 Å². The average molecular weight is 351 g/mol. The minimum atomic E-state index is -3.82. The highest BCUT2D eigenvalue weighted by Crippen LogP contribution is 2.28. The van der Waals surface area contributed by atoms with Crippen LogP contribution in [-0.4, -0.2) is 19.9 Å². The summed E-state index contributed by atoms with van der Waals surface area (Å²) >= 11 is 0. The molecule has 0 spiro atoms. The number of nitrogens with zero attached hydrogens (tertiary/aromatic N) is 1. The summed E-state index contributed by atoms with van der Waals surface area (Å²) in [6.45, 7) is 3.62. The zero-order valence-electron chi connectivity index (χ0n) is 12.5. The number of hydrogen-bond acceptors (Lipinski definition) is 5. The number of ether oxygens (including phenoxy) is 1. The van der Waals surface area contributed by atoms with Crippen molar-refractivity contribution < 1.29 is 22.5 Å². The van der Waals surface area contributed by atoms with Crippen LogP contribution in [0.25, 0.3) is 0 Å². The van der Waals surface area contributed by atoms with Crippen molar-refractivity contribution in [3.8, 4) is 5.75 Å². The molecule has 0 aliphatic heterocycles. The molecule has 6 nitrogen and oxygen atoms in total. The van der Waals surface area contributed by atoms with Gasteiger partial charge in [0.2, 0.25) is 0 Å².